The van der Waals surface area contributed by atoms with Crippen molar-refractivity contribution in [1.29, 1.82) is 0 Å². The molecule has 0 aliphatic carbocycles. The van der Waals surface area contributed by atoms with E-state index in [1.807, 2.05) is 13.8 Å². The van der Waals surface area contributed by atoms with Gasteiger partial charge in [0.2, 0.25) is 0 Å². The van der Waals surface area contributed by atoms with Gasteiger partial charge in [0.1, 0.15) is 18.9 Å². The highest BCUT2D eigenvalue weighted by Gasteiger charge is 2.27. The Morgan fingerprint density at radius 2 is 1.77 bits per heavy atom. The third-order valence-electron chi connectivity index (χ3n) is 4.99. The van der Waals surface area contributed by atoms with E-state index in [-0.39, 0.29) is 10.6 Å². The number of anilines is 1. The van der Waals surface area contributed by atoms with E-state index in [0.717, 1.165) is 21.0 Å². The molecule has 1 amide bonds. The quantitative estimate of drug-likeness (QED) is 0.239. The van der Waals surface area contributed by atoms with Gasteiger partial charge < -0.3 is 4.74 Å². The van der Waals surface area contributed by atoms with Crippen molar-refractivity contribution in [2.24, 2.45) is 5.10 Å². The number of hydrogen-bond donors (Lipinski definition) is 1. The Hall–Kier alpha value is -3.62. The van der Waals surface area contributed by atoms with Crippen molar-refractivity contribution in [2.45, 2.75) is 18.7 Å². The number of rotatable bonds is 10. The van der Waals surface area contributed by atoms with Crippen LogP contribution in [0.5, 0.6) is 5.75 Å². The van der Waals surface area contributed by atoms with E-state index in [1.54, 1.807) is 54.6 Å². The van der Waals surface area contributed by atoms with Crippen molar-refractivity contribution >= 4 is 39.4 Å². The van der Waals surface area contributed by atoms with Crippen LogP contribution >= 0.6 is 11.6 Å². The molecule has 0 saturated carbocycles. The van der Waals surface area contributed by atoms with E-state index >= 15 is 0 Å². The minimum absolute atomic E-state index is 0.0647. The fourth-order valence-electron chi connectivity index (χ4n) is 3.04. The molecule has 3 rings (SSSR count). The Morgan fingerprint density at radius 3 is 2.40 bits per heavy atom. The third kappa shape index (κ3) is 6.94. The SMILES string of the molecule is C=CCOc1ccc(/C=N\NC(=O)CN(c2ccc(C)c(Cl)c2)S(=O)(=O)c2ccc(C)cc2)cc1. The molecule has 182 valence electrons. The standard InChI is InChI=1S/C26H26ClN3O4S/c1-4-15-34-23-11-8-21(9-12-23)17-28-29-26(31)18-30(22-10-7-20(3)25(27)16-22)35(32,33)24-13-5-19(2)6-14-24/h4-14,16-17H,1,15,18H2,2-3H3,(H,29,31)/b28-17-. The molecule has 0 fully saturated rings. The Balaban J connectivity index is 1.78. The number of hydrazone groups is 1. The Morgan fingerprint density at radius 1 is 1.09 bits per heavy atom. The molecule has 0 atom stereocenters. The molecule has 7 nitrogen and oxygen atoms in total. The zero-order valence-corrected chi connectivity index (χ0v) is 21.0. The van der Waals surface area contributed by atoms with Crippen molar-refractivity contribution in [3.63, 3.8) is 0 Å². The number of ether oxygens (including phenoxy) is 1. The van der Waals surface area contributed by atoms with E-state index in [9.17, 15) is 13.2 Å². The van der Waals surface area contributed by atoms with Crippen LogP contribution in [0.4, 0.5) is 5.69 Å². The summed E-state index contributed by atoms with van der Waals surface area (Å²) in [6.45, 7) is 7.19. The summed E-state index contributed by atoms with van der Waals surface area (Å²) >= 11 is 6.24. The second-order valence-corrected chi connectivity index (χ2v) is 9.99. The number of halogens is 1. The number of carbonyl (C=O) groups excluding carboxylic acids is 1. The molecule has 0 unspecified atom stereocenters. The molecule has 0 aliphatic heterocycles. The van der Waals surface area contributed by atoms with Gasteiger partial charge >= 0.3 is 0 Å². The lowest BCUT2D eigenvalue weighted by atomic mass is 10.2. The summed E-state index contributed by atoms with van der Waals surface area (Å²) in [6.07, 6.45) is 3.11. The second kappa shape index (κ2) is 11.7. The largest absolute Gasteiger partial charge is 0.490 e. The number of carbonyl (C=O) groups is 1. The maximum absolute atomic E-state index is 13.4. The minimum atomic E-state index is -4.04. The van der Waals surface area contributed by atoms with E-state index < -0.39 is 22.5 Å². The van der Waals surface area contributed by atoms with Gasteiger partial charge in [-0.3, -0.25) is 9.10 Å². The predicted octanol–water partition coefficient (Wildman–Crippen LogP) is 4.87. The molecule has 0 aromatic heterocycles. The average molecular weight is 512 g/mol. The van der Waals surface area contributed by atoms with E-state index in [0.29, 0.717) is 17.4 Å². The van der Waals surface area contributed by atoms with Gasteiger partial charge in [-0.05, 0) is 73.5 Å². The fourth-order valence-corrected chi connectivity index (χ4v) is 4.63. The molecule has 3 aromatic rings. The number of hydrogen-bond acceptors (Lipinski definition) is 5. The Labute approximate surface area is 210 Å². The van der Waals surface area contributed by atoms with Crippen LogP contribution in [0.2, 0.25) is 5.02 Å². The third-order valence-corrected chi connectivity index (χ3v) is 7.19. The number of nitrogens with one attached hydrogen (secondary N) is 1. The number of amides is 1. The van der Waals surface area contributed by atoms with Gasteiger partial charge in [-0.25, -0.2) is 13.8 Å². The van der Waals surface area contributed by atoms with Crippen LogP contribution in [0, 0.1) is 13.8 Å². The summed E-state index contributed by atoms with van der Waals surface area (Å²) in [7, 11) is -4.04. The van der Waals surface area contributed by atoms with Crippen molar-refractivity contribution < 1.29 is 17.9 Å². The normalized spacial score (nSPS) is 11.3. The van der Waals surface area contributed by atoms with Gasteiger partial charge in [-0.2, -0.15) is 5.10 Å². The van der Waals surface area contributed by atoms with E-state index in [4.69, 9.17) is 16.3 Å². The van der Waals surface area contributed by atoms with Crippen molar-refractivity contribution in [3.05, 3.63) is 101 Å². The minimum Gasteiger partial charge on any atom is -0.490 e. The van der Waals surface area contributed by atoms with Gasteiger partial charge in [-0.1, -0.05) is 48.0 Å². The van der Waals surface area contributed by atoms with Crippen molar-refractivity contribution in [3.8, 4) is 5.75 Å². The zero-order chi connectivity index (χ0) is 25.4. The molecular formula is C26H26ClN3O4S. The van der Waals surface area contributed by atoms with Gasteiger partial charge in [0.25, 0.3) is 15.9 Å². The van der Waals surface area contributed by atoms with Gasteiger partial charge in [-0.15, -0.1) is 0 Å². The lowest BCUT2D eigenvalue weighted by Crippen LogP contribution is -2.39. The van der Waals surface area contributed by atoms with Crippen LogP contribution in [0.25, 0.3) is 0 Å². The van der Waals surface area contributed by atoms with Crippen LogP contribution in [-0.4, -0.2) is 33.7 Å². The fraction of sp³-hybridized carbons (Fsp3) is 0.154. The monoisotopic (exact) mass is 511 g/mol. The first-order valence-corrected chi connectivity index (χ1v) is 12.5. The van der Waals surface area contributed by atoms with Crippen LogP contribution in [-0.2, 0) is 14.8 Å². The van der Waals surface area contributed by atoms with Crippen LogP contribution in [0.3, 0.4) is 0 Å². The van der Waals surface area contributed by atoms with Gasteiger partial charge in [0.05, 0.1) is 16.8 Å². The van der Waals surface area contributed by atoms with Crippen LogP contribution in [0.1, 0.15) is 16.7 Å². The molecular weight excluding hydrogens is 486 g/mol. The highest BCUT2D eigenvalue weighted by molar-refractivity contribution is 7.92. The number of aryl methyl sites for hydroxylation is 2. The molecule has 35 heavy (non-hydrogen) atoms. The second-order valence-electron chi connectivity index (χ2n) is 7.72. The van der Waals surface area contributed by atoms with Crippen LogP contribution in [0.15, 0.2) is 89.4 Å². The molecule has 0 spiro atoms. The maximum atomic E-state index is 13.4. The molecule has 9 heteroatoms. The van der Waals surface area contributed by atoms with Crippen molar-refractivity contribution in [1.82, 2.24) is 5.43 Å². The van der Waals surface area contributed by atoms with E-state index in [2.05, 4.69) is 17.1 Å². The highest BCUT2D eigenvalue weighted by Crippen LogP contribution is 2.28. The first-order valence-electron chi connectivity index (χ1n) is 10.7. The smallest absolute Gasteiger partial charge is 0.264 e. The van der Waals surface area contributed by atoms with E-state index in [1.165, 1.54) is 24.4 Å². The topological polar surface area (TPSA) is 88.1 Å². The number of sulfonamides is 1. The molecule has 3 aromatic carbocycles. The summed E-state index contributed by atoms with van der Waals surface area (Å²) in [5, 5.41) is 4.34. The molecule has 1 N–H and O–H groups in total. The highest BCUT2D eigenvalue weighted by atomic mass is 35.5. The van der Waals surface area contributed by atoms with Crippen molar-refractivity contribution in [2.75, 3.05) is 17.5 Å². The Bertz CT molecular complexity index is 1320. The van der Waals surface area contributed by atoms with Gasteiger partial charge in [0.15, 0.2) is 0 Å². The molecule has 0 bridgehead atoms. The molecule has 0 saturated heterocycles. The Kier molecular flexibility index (Phi) is 8.68. The number of benzene rings is 3. The molecule has 0 heterocycles. The maximum Gasteiger partial charge on any atom is 0.264 e. The predicted molar refractivity (Wildman–Crippen MR) is 140 cm³/mol. The van der Waals surface area contributed by atoms with Gasteiger partial charge in [0, 0.05) is 5.02 Å². The summed E-state index contributed by atoms with van der Waals surface area (Å²) in [5.74, 6) is 0.0689. The molecule has 0 radical (unpaired) electrons. The molecule has 0 aliphatic rings. The van der Waals surface area contributed by atoms with Crippen LogP contribution < -0.4 is 14.5 Å². The average Bonchev–Trinajstić information content (AvgIpc) is 2.84. The first-order chi connectivity index (χ1) is 16.7. The summed E-state index contributed by atoms with van der Waals surface area (Å²) < 4.78 is 33.3. The summed E-state index contributed by atoms with van der Waals surface area (Å²) in [6, 6.07) is 18.3. The lowest BCUT2D eigenvalue weighted by Gasteiger charge is -2.24. The summed E-state index contributed by atoms with van der Waals surface area (Å²) in [5.41, 5.74) is 5.09. The zero-order valence-electron chi connectivity index (χ0n) is 19.4. The first kappa shape index (κ1) is 26.0. The number of nitrogens with zero attached hydrogens (tertiary/aromatic N) is 2. The lowest BCUT2D eigenvalue weighted by molar-refractivity contribution is -0.119. The summed E-state index contributed by atoms with van der Waals surface area (Å²) in [4.78, 5) is 12.7.